The van der Waals surface area contributed by atoms with E-state index in [1.54, 1.807) is 0 Å². The fraction of sp³-hybridized carbons (Fsp3) is 0.750. The van der Waals surface area contributed by atoms with Crippen LogP contribution in [-0.4, -0.2) is 56.2 Å². The van der Waals surface area contributed by atoms with E-state index in [1.807, 2.05) is 0 Å². The second kappa shape index (κ2) is 19.8. The molecule has 0 radical (unpaired) electrons. The summed E-state index contributed by atoms with van der Waals surface area (Å²) in [5.41, 5.74) is 0. The van der Waals surface area contributed by atoms with Crippen molar-refractivity contribution in [2.75, 3.05) is 0 Å². The van der Waals surface area contributed by atoms with E-state index in [2.05, 4.69) is 0 Å². The van der Waals surface area contributed by atoms with Gasteiger partial charge in [0.15, 0.2) is 0 Å². The van der Waals surface area contributed by atoms with Crippen LogP contribution in [0.3, 0.4) is 0 Å². The van der Waals surface area contributed by atoms with Crippen molar-refractivity contribution in [1.29, 1.82) is 0 Å². The number of carboxylic acid groups (broad SMARTS) is 6. The third-order valence-electron chi connectivity index (χ3n) is 7.17. The molecule has 12 nitrogen and oxygen atoms in total. The molecule has 4 N–H and O–H groups in total. The third kappa shape index (κ3) is 12.8. The van der Waals surface area contributed by atoms with Gasteiger partial charge < -0.3 is 40.2 Å². The molecule has 0 amide bonds. The van der Waals surface area contributed by atoms with Gasteiger partial charge in [-0.2, -0.15) is 0 Å². The quantitative estimate of drug-likeness (QED) is 0.223. The van der Waals surface area contributed by atoms with Gasteiger partial charge in [-0.1, -0.05) is 38.5 Å². The molecule has 6 unspecified atom stereocenters. The molecular weight excluding hydrogens is 526 g/mol. The number of hydrogen-bond acceptors (Lipinski definition) is 8. The molecule has 0 bridgehead atoms. The van der Waals surface area contributed by atoms with Crippen molar-refractivity contribution in [3.8, 4) is 0 Å². The fourth-order valence-electron chi connectivity index (χ4n) is 5.14. The van der Waals surface area contributed by atoms with Crippen molar-refractivity contribution in [3.05, 3.63) is 0 Å². The molecule has 0 aromatic rings. The Morgan fingerprint density at radius 3 is 0.684 bits per heavy atom. The summed E-state index contributed by atoms with van der Waals surface area (Å²) in [5, 5.41) is 55.7. The van der Waals surface area contributed by atoms with E-state index in [9.17, 15) is 39.0 Å². The van der Waals surface area contributed by atoms with Crippen molar-refractivity contribution in [2.24, 2.45) is 35.5 Å². The normalized spacial score (nSPS) is 28.1. The van der Waals surface area contributed by atoms with Crippen LogP contribution in [0.2, 0.25) is 0 Å². The zero-order valence-corrected chi connectivity index (χ0v) is 26.0. The summed E-state index contributed by atoms with van der Waals surface area (Å²) in [6, 6.07) is 0. The number of carbonyl (C=O) groups excluding carboxylic acids is 2. The monoisotopic (exact) mass is 560 g/mol. The molecule has 0 saturated heterocycles. The Balaban J connectivity index is 0. The van der Waals surface area contributed by atoms with Crippen LogP contribution in [0, 0.1) is 35.5 Å². The second-order valence-electron chi connectivity index (χ2n) is 9.48. The van der Waals surface area contributed by atoms with Gasteiger partial charge in [-0.05, 0) is 38.5 Å². The topological polar surface area (TPSA) is 229 Å². The first kappa shape index (κ1) is 39.0. The fourth-order valence-corrected chi connectivity index (χ4v) is 5.14. The molecule has 0 aliphatic heterocycles. The van der Waals surface area contributed by atoms with Gasteiger partial charge in [0.1, 0.15) is 0 Å². The number of carbonyl (C=O) groups is 6. The standard InChI is InChI=1S/3C8H12O4.2Na/c3*9-7(10)5-3-1-2-4-6(5)8(11)12;;/h3*5-6H,1-4H2,(H,9,10)(H,11,12);;/q;;;2*+1/p-2. The van der Waals surface area contributed by atoms with Crippen molar-refractivity contribution in [2.45, 2.75) is 77.0 Å². The first-order chi connectivity index (χ1) is 16.9. The first-order valence-corrected chi connectivity index (χ1v) is 12.2. The molecule has 3 saturated carbocycles. The van der Waals surface area contributed by atoms with E-state index in [0.29, 0.717) is 38.5 Å². The Hall–Kier alpha value is -1.18. The molecule has 0 heterocycles. The molecule has 3 aliphatic carbocycles. The van der Waals surface area contributed by atoms with Crippen LogP contribution in [0.4, 0.5) is 0 Å². The molecule has 0 aromatic heterocycles. The molecule has 0 aromatic carbocycles. The number of hydrogen-bond donors (Lipinski definition) is 4. The van der Waals surface area contributed by atoms with Gasteiger partial charge in [0.25, 0.3) is 0 Å². The third-order valence-corrected chi connectivity index (χ3v) is 7.17. The van der Waals surface area contributed by atoms with Gasteiger partial charge in [-0.25, -0.2) is 0 Å². The van der Waals surface area contributed by atoms with Gasteiger partial charge in [0.05, 0.1) is 23.7 Å². The van der Waals surface area contributed by atoms with Crippen LogP contribution in [0.25, 0.3) is 0 Å². The predicted octanol–water partition coefficient (Wildman–Crippen LogP) is -5.78. The van der Waals surface area contributed by atoms with Crippen molar-refractivity contribution in [1.82, 2.24) is 0 Å². The van der Waals surface area contributed by atoms with Gasteiger partial charge >= 0.3 is 83.0 Å². The van der Waals surface area contributed by atoms with Crippen LogP contribution in [0.5, 0.6) is 0 Å². The zero-order chi connectivity index (χ0) is 27.4. The Kier molecular flexibility index (Phi) is 20.3. The van der Waals surface area contributed by atoms with E-state index in [0.717, 1.165) is 38.5 Å². The van der Waals surface area contributed by atoms with Crippen LogP contribution in [0.1, 0.15) is 77.0 Å². The summed E-state index contributed by atoms with van der Waals surface area (Å²) < 4.78 is 0. The SMILES string of the molecule is O=C(O)C1CCCCC1C(=O)O.O=C(O)C1CCCCC1C(=O)O.O=C([O-])C1CCCCC1C(=O)[O-].[Na+].[Na+]. The zero-order valence-electron chi connectivity index (χ0n) is 22.0. The molecular formula is C24H34Na2O12. The summed E-state index contributed by atoms with van der Waals surface area (Å²) in [5.74, 6) is -10.8. The van der Waals surface area contributed by atoms with Crippen LogP contribution >= 0.6 is 0 Å². The van der Waals surface area contributed by atoms with Gasteiger partial charge in [0.2, 0.25) is 0 Å². The maximum atomic E-state index is 10.6. The first-order valence-electron chi connectivity index (χ1n) is 12.2. The van der Waals surface area contributed by atoms with E-state index in [4.69, 9.17) is 20.4 Å². The van der Waals surface area contributed by atoms with Gasteiger partial charge in [-0.3, -0.25) is 19.2 Å². The largest absolute Gasteiger partial charge is 1.00 e. The van der Waals surface area contributed by atoms with Crippen LogP contribution in [-0.2, 0) is 28.8 Å². The number of aliphatic carboxylic acids is 6. The van der Waals surface area contributed by atoms with Crippen molar-refractivity contribution >= 4 is 35.8 Å². The summed E-state index contributed by atoms with van der Waals surface area (Å²) in [4.78, 5) is 63.4. The second-order valence-corrected chi connectivity index (χ2v) is 9.48. The summed E-state index contributed by atoms with van der Waals surface area (Å²) in [6.45, 7) is 0. The molecule has 38 heavy (non-hydrogen) atoms. The molecule has 3 rings (SSSR count). The van der Waals surface area contributed by atoms with Gasteiger partial charge in [-0.15, -0.1) is 0 Å². The Labute approximate surface area is 265 Å². The summed E-state index contributed by atoms with van der Waals surface area (Å²) in [6.07, 6.45) is 7.70. The Morgan fingerprint density at radius 1 is 0.395 bits per heavy atom. The predicted molar refractivity (Wildman–Crippen MR) is 117 cm³/mol. The Bertz CT molecular complexity index is 648. The van der Waals surface area contributed by atoms with Crippen molar-refractivity contribution < 1.29 is 119 Å². The molecule has 6 atom stereocenters. The molecule has 0 spiro atoms. The maximum Gasteiger partial charge on any atom is 1.00 e. The number of rotatable bonds is 6. The van der Waals surface area contributed by atoms with Crippen LogP contribution < -0.4 is 69.3 Å². The van der Waals surface area contributed by atoms with E-state index >= 15 is 0 Å². The minimum atomic E-state index is -1.26. The van der Waals surface area contributed by atoms with Crippen molar-refractivity contribution in [3.63, 3.8) is 0 Å². The maximum absolute atomic E-state index is 10.6. The van der Waals surface area contributed by atoms with Gasteiger partial charge in [0, 0.05) is 23.8 Å². The molecule has 3 aliphatic rings. The minimum Gasteiger partial charge on any atom is -0.550 e. The number of carboxylic acids is 6. The van der Waals surface area contributed by atoms with E-state index in [1.165, 1.54) is 0 Å². The van der Waals surface area contributed by atoms with Crippen LogP contribution in [0.15, 0.2) is 0 Å². The molecule has 3 fully saturated rings. The minimum absolute atomic E-state index is 0. The average molecular weight is 561 g/mol. The summed E-state index contributed by atoms with van der Waals surface area (Å²) in [7, 11) is 0. The smallest absolute Gasteiger partial charge is 0.550 e. The Morgan fingerprint density at radius 2 is 0.553 bits per heavy atom. The average Bonchev–Trinajstić information content (AvgIpc) is 2.84. The molecule has 204 valence electrons. The summed E-state index contributed by atoms with van der Waals surface area (Å²) >= 11 is 0. The van der Waals surface area contributed by atoms with E-state index < -0.39 is 71.3 Å². The molecule has 14 heteroatoms. The van der Waals surface area contributed by atoms with E-state index in [-0.39, 0.29) is 59.1 Å².